The molecule has 2 bridgehead atoms. The molecule has 0 aromatic carbocycles. The molecule has 0 aromatic rings. The number of hydrogen-bond donors (Lipinski definition) is 1. The van der Waals surface area contributed by atoms with Gasteiger partial charge in [-0.05, 0) is 99.0 Å². The molecular formula is C34H59N3O10. The third-order valence-corrected chi connectivity index (χ3v) is 8.36. The number of Topliss-reactive ketones (excluding diaryl/α,β-unsaturated/α-hetero) is 1. The molecule has 1 N–H and O–H groups in total. The normalized spacial score (nSPS) is 26.1. The largest absolute Gasteiger partial charge is 0.466 e. The van der Waals surface area contributed by atoms with Gasteiger partial charge in [0.1, 0.15) is 11.2 Å². The van der Waals surface area contributed by atoms with Crippen molar-refractivity contribution < 1.29 is 48.1 Å². The molecule has 270 valence electrons. The number of rotatable bonds is 6. The maximum Gasteiger partial charge on any atom is 0.410 e. The molecule has 0 radical (unpaired) electrons. The highest BCUT2D eigenvalue weighted by Gasteiger charge is 2.38. The van der Waals surface area contributed by atoms with Crippen LogP contribution in [0.5, 0.6) is 0 Å². The van der Waals surface area contributed by atoms with Crippen molar-refractivity contribution in [3.8, 4) is 0 Å². The highest BCUT2D eigenvalue weighted by atomic mass is 16.6. The summed E-state index contributed by atoms with van der Waals surface area (Å²) >= 11 is 0. The number of carbonyl (C=O) groups is 4. The molecule has 13 nitrogen and oxygen atoms in total. The predicted octanol–water partition coefficient (Wildman–Crippen LogP) is 4.44. The van der Waals surface area contributed by atoms with Crippen molar-refractivity contribution in [3.63, 3.8) is 0 Å². The third-order valence-electron chi connectivity index (χ3n) is 8.36. The lowest BCUT2D eigenvalue weighted by Gasteiger charge is -2.28. The third kappa shape index (κ3) is 15.2. The van der Waals surface area contributed by atoms with E-state index in [2.05, 4.69) is 11.8 Å². The molecule has 4 saturated heterocycles. The summed E-state index contributed by atoms with van der Waals surface area (Å²) in [6.07, 6.45) is 5.57. The molecule has 47 heavy (non-hydrogen) atoms. The van der Waals surface area contributed by atoms with Gasteiger partial charge in [0.2, 0.25) is 0 Å². The average molecular weight is 670 g/mol. The van der Waals surface area contributed by atoms with E-state index in [0.717, 1.165) is 25.2 Å². The van der Waals surface area contributed by atoms with E-state index in [0.29, 0.717) is 38.6 Å². The van der Waals surface area contributed by atoms with Crippen LogP contribution in [0.15, 0.2) is 0 Å². The van der Waals surface area contributed by atoms with Crippen molar-refractivity contribution in [1.29, 1.82) is 0 Å². The molecule has 4 rings (SSSR count). The summed E-state index contributed by atoms with van der Waals surface area (Å²) in [5, 5.41) is 8.85. The van der Waals surface area contributed by atoms with E-state index >= 15 is 0 Å². The van der Waals surface area contributed by atoms with Crippen molar-refractivity contribution in [2.45, 2.75) is 137 Å². The Labute approximate surface area is 280 Å². The van der Waals surface area contributed by atoms with E-state index < -0.39 is 11.2 Å². The Bertz CT molecular complexity index is 1050. The maximum atomic E-state index is 12.2. The Morgan fingerprint density at radius 3 is 1.81 bits per heavy atom. The molecule has 4 aliphatic heterocycles. The van der Waals surface area contributed by atoms with Crippen LogP contribution in [-0.2, 0) is 33.4 Å². The topological polar surface area (TPSA) is 160 Å². The molecular weight excluding hydrogens is 610 g/mol. The summed E-state index contributed by atoms with van der Waals surface area (Å²) in [5.74, 6) is 1.03. The predicted molar refractivity (Wildman–Crippen MR) is 173 cm³/mol. The molecule has 3 unspecified atom stereocenters. The van der Waals surface area contributed by atoms with Gasteiger partial charge in [-0.25, -0.2) is 9.59 Å². The van der Waals surface area contributed by atoms with Crippen LogP contribution in [0.1, 0.15) is 107 Å². The molecule has 0 aliphatic carbocycles. The minimum absolute atomic E-state index is 0.0207. The van der Waals surface area contributed by atoms with Gasteiger partial charge in [-0.1, -0.05) is 13.8 Å². The zero-order chi connectivity index (χ0) is 35.9. The standard InChI is InChI=1S/C15H27NO4.C11H19NO3.C7H13NO.CO2/c1-6-12-8-11(9-13(17)19-7-2)10-16(12)14(18)20-15(3,4)5;1-5-8-6-9(13)7-12(8)10(14)15-11(2,3)4;9-5-7-3-6-1-2-8(7)4-6;2-1-3/h11-12H,6-10H2,1-5H3;8H,5-7H2,1-4H3;6-7,9H,1-5H2;/t11?,12-;8-;6?,7-;/m110./s1. The quantitative estimate of drug-likeness (QED) is 0.315. The van der Waals surface area contributed by atoms with E-state index in [-0.39, 0.29) is 54.6 Å². The molecule has 4 heterocycles. The maximum absolute atomic E-state index is 12.2. The van der Waals surface area contributed by atoms with Gasteiger partial charge in [0.25, 0.3) is 0 Å². The zero-order valence-electron chi connectivity index (χ0n) is 30.0. The molecule has 13 heteroatoms. The monoisotopic (exact) mass is 669 g/mol. The number of nitrogens with zero attached hydrogens (tertiary/aromatic N) is 3. The van der Waals surface area contributed by atoms with Gasteiger partial charge in [0.05, 0.1) is 26.2 Å². The first kappa shape index (κ1) is 42.0. The van der Waals surface area contributed by atoms with Crippen LogP contribution in [-0.4, -0.2) is 119 Å². The van der Waals surface area contributed by atoms with E-state index in [1.807, 2.05) is 48.5 Å². The van der Waals surface area contributed by atoms with Crippen LogP contribution >= 0.6 is 0 Å². The summed E-state index contributed by atoms with van der Waals surface area (Å²) in [5.41, 5.74) is -0.990. The summed E-state index contributed by atoms with van der Waals surface area (Å²) in [6, 6.07) is 0.695. The number of ether oxygens (including phenoxy) is 3. The van der Waals surface area contributed by atoms with Gasteiger partial charge in [-0.15, -0.1) is 0 Å². The van der Waals surface area contributed by atoms with Gasteiger partial charge >= 0.3 is 24.3 Å². The second kappa shape index (κ2) is 19.7. The first-order chi connectivity index (χ1) is 21.9. The number of hydrogen-bond acceptors (Lipinski definition) is 11. The van der Waals surface area contributed by atoms with E-state index in [9.17, 15) is 19.2 Å². The lowest BCUT2D eigenvalue weighted by atomic mass is 10.0. The van der Waals surface area contributed by atoms with Gasteiger partial charge in [0, 0.05) is 37.6 Å². The first-order valence-electron chi connectivity index (χ1n) is 16.9. The Balaban J connectivity index is 0.000000357. The van der Waals surface area contributed by atoms with Crippen molar-refractivity contribution in [3.05, 3.63) is 0 Å². The molecule has 4 aliphatic rings. The number of aliphatic hydroxyl groups is 1. The van der Waals surface area contributed by atoms with Crippen LogP contribution in [0, 0.1) is 11.8 Å². The lowest BCUT2D eigenvalue weighted by Crippen LogP contribution is -2.39. The van der Waals surface area contributed by atoms with Crippen molar-refractivity contribution in [2.75, 3.05) is 39.4 Å². The molecule has 0 spiro atoms. The van der Waals surface area contributed by atoms with Gasteiger partial charge in [-0.3, -0.25) is 19.4 Å². The van der Waals surface area contributed by atoms with E-state index in [1.54, 1.807) is 11.8 Å². The van der Waals surface area contributed by atoms with Crippen molar-refractivity contribution in [2.24, 2.45) is 11.8 Å². The van der Waals surface area contributed by atoms with Gasteiger partial charge < -0.3 is 24.2 Å². The second-order valence-electron chi connectivity index (χ2n) is 14.5. The number of carbonyl (C=O) groups excluding carboxylic acids is 6. The first-order valence-corrected chi connectivity index (χ1v) is 16.9. The van der Waals surface area contributed by atoms with E-state index in [4.69, 9.17) is 28.9 Å². The molecule has 4 fully saturated rings. The number of ketones is 1. The van der Waals surface area contributed by atoms with Crippen molar-refractivity contribution >= 4 is 30.1 Å². The minimum Gasteiger partial charge on any atom is -0.466 e. The fraction of sp³-hybridized carbons (Fsp3) is 0.853. The fourth-order valence-corrected chi connectivity index (χ4v) is 6.31. The molecule has 0 aromatic heterocycles. The summed E-state index contributed by atoms with van der Waals surface area (Å²) in [6.45, 7) is 20.9. The Hall–Kier alpha value is -3.02. The number of fused-ring (bicyclic) bond motifs is 2. The summed E-state index contributed by atoms with van der Waals surface area (Å²) in [4.78, 5) is 68.6. The molecule has 6 atom stereocenters. The van der Waals surface area contributed by atoms with Crippen LogP contribution in [0.4, 0.5) is 9.59 Å². The Kier molecular flexibility index (Phi) is 17.6. The number of esters is 1. The fourth-order valence-electron chi connectivity index (χ4n) is 6.31. The highest BCUT2D eigenvalue weighted by molar-refractivity contribution is 5.88. The van der Waals surface area contributed by atoms with Crippen LogP contribution in [0.3, 0.4) is 0 Å². The number of amides is 2. The Morgan fingerprint density at radius 1 is 0.851 bits per heavy atom. The van der Waals surface area contributed by atoms with Crippen molar-refractivity contribution in [1.82, 2.24) is 14.7 Å². The number of piperidine rings is 1. The minimum atomic E-state index is -0.499. The summed E-state index contributed by atoms with van der Waals surface area (Å²) < 4.78 is 15.6. The lowest BCUT2D eigenvalue weighted by molar-refractivity contribution is -0.191. The van der Waals surface area contributed by atoms with Crippen LogP contribution in [0.25, 0.3) is 0 Å². The smallest absolute Gasteiger partial charge is 0.410 e. The highest BCUT2D eigenvalue weighted by Crippen LogP contribution is 2.32. The second-order valence-corrected chi connectivity index (χ2v) is 14.5. The van der Waals surface area contributed by atoms with Crippen LogP contribution < -0.4 is 0 Å². The Morgan fingerprint density at radius 2 is 1.40 bits per heavy atom. The SMILES string of the molecule is CCOC(=O)CC1C[C@@H](CC)N(C(=O)OC(C)(C)C)C1.CC[C@@H]1CC(=O)CN1C(=O)OC(C)(C)C.O=C=O.OC[C@@H]1CC2CCN1C2. The van der Waals surface area contributed by atoms with Gasteiger partial charge in [-0.2, -0.15) is 9.59 Å². The molecule has 2 amide bonds. The number of likely N-dealkylation sites (tertiary alicyclic amines) is 2. The van der Waals surface area contributed by atoms with Crippen LogP contribution in [0.2, 0.25) is 0 Å². The zero-order valence-corrected chi connectivity index (χ0v) is 30.0. The average Bonchev–Trinajstić information content (AvgIpc) is 3.76. The number of aliphatic hydroxyl groups excluding tert-OH is 1. The molecule has 0 saturated carbocycles. The van der Waals surface area contributed by atoms with E-state index in [1.165, 1.54) is 30.8 Å². The van der Waals surface area contributed by atoms with Gasteiger partial charge in [0.15, 0.2) is 5.78 Å². The summed E-state index contributed by atoms with van der Waals surface area (Å²) in [7, 11) is 0.